The summed E-state index contributed by atoms with van der Waals surface area (Å²) >= 11 is 0. The van der Waals surface area contributed by atoms with E-state index in [4.69, 9.17) is 5.73 Å². The van der Waals surface area contributed by atoms with Gasteiger partial charge in [-0.1, -0.05) is 0 Å². The summed E-state index contributed by atoms with van der Waals surface area (Å²) in [5, 5.41) is 0. The van der Waals surface area contributed by atoms with Crippen LogP contribution >= 0.6 is 24.8 Å². The Hall–Kier alpha value is -0.0300. The van der Waals surface area contributed by atoms with Crippen LogP contribution in [0.15, 0.2) is 0 Å². The number of amides is 1. The molecule has 2 aliphatic heterocycles. The SMILES string of the molecule is Cl.Cl.NCC(=O)N1CCCC(N2CCCC2)C1. The van der Waals surface area contributed by atoms with E-state index in [9.17, 15) is 4.79 Å². The standard InChI is InChI=1S/C11H21N3O.2ClH/c12-8-11(15)14-7-3-4-10(9-14)13-5-1-2-6-13;;/h10H,1-9,12H2;2*1H. The van der Waals surface area contributed by atoms with Crippen molar-refractivity contribution in [2.45, 2.75) is 31.7 Å². The Labute approximate surface area is 116 Å². The van der Waals surface area contributed by atoms with Gasteiger partial charge in [0.15, 0.2) is 0 Å². The number of carbonyl (C=O) groups excluding carboxylic acids is 1. The van der Waals surface area contributed by atoms with Crippen LogP contribution in [-0.4, -0.2) is 54.5 Å². The molecule has 0 radical (unpaired) electrons. The van der Waals surface area contributed by atoms with E-state index < -0.39 is 0 Å². The summed E-state index contributed by atoms with van der Waals surface area (Å²) in [4.78, 5) is 16.0. The fourth-order valence-corrected chi connectivity index (χ4v) is 2.72. The first kappa shape index (κ1) is 17.0. The van der Waals surface area contributed by atoms with Gasteiger partial charge in [-0.05, 0) is 38.8 Å². The smallest absolute Gasteiger partial charge is 0.236 e. The van der Waals surface area contributed by atoms with Gasteiger partial charge < -0.3 is 10.6 Å². The molecular weight excluding hydrogens is 261 g/mol. The average molecular weight is 284 g/mol. The maximum atomic E-state index is 11.5. The molecule has 0 bridgehead atoms. The second-order valence-corrected chi connectivity index (χ2v) is 4.58. The van der Waals surface area contributed by atoms with Crippen LogP contribution in [0.2, 0.25) is 0 Å². The molecule has 0 aromatic heterocycles. The average Bonchev–Trinajstić information content (AvgIpc) is 2.82. The van der Waals surface area contributed by atoms with Gasteiger partial charge in [0.05, 0.1) is 6.54 Å². The largest absolute Gasteiger partial charge is 0.340 e. The van der Waals surface area contributed by atoms with Crippen molar-refractivity contribution in [3.8, 4) is 0 Å². The Morgan fingerprint density at radius 1 is 1.12 bits per heavy atom. The third-order valence-electron chi connectivity index (χ3n) is 3.58. The van der Waals surface area contributed by atoms with E-state index in [0.29, 0.717) is 6.04 Å². The fourth-order valence-electron chi connectivity index (χ4n) is 2.72. The van der Waals surface area contributed by atoms with Gasteiger partial charge >= 0.3 is 0 Å². The molecule has 17 heavy (non-hydrogen) atoms. The van der Waals surface area contributed by atoms with Crippen LogP contribution in [0.5, 0.6) is 0 Å². The van der Waals surface area contributed by atoms with Crippen LogP contribution in [0.3, 0.4) is 0 Å². The Bertz CT molecular complexity index is 235. The van der Waals surface area contributed by atoms with Gasteiger partial charge in [0.2, 0.25) is 5.91 Å². The number of likely N-dealkylation sites (tertiary alicyclic amines) is 2. The van der Waals surface area contributed by atoms with Crippen molar-refractivity contribution in [1.82, 2.24) is 9.80 Å². The zero-order chi connectivity index (χ0) is 10.7. The van der Waals surface area contributed by atoms with E-state index >= 15 is 0 Å². The minimum absolute atomic E-state index is 0. The highest BCUT2D eigenvalue weighted by molar-refractivity contribution is 5.85. The first-order valence-corrected chi connectivity index (χ1v) is 6.03. The third-order valence-corrected chi connectivity index (χ3v) is 3.58. The Morgan fingerprint density at radius 3 is 2.35 bits per heavy atom. The topological polar surface area (TPSA) is 49.6 Å². The van der Waals surface area contributed by atoms with E-state index in [2.05, 4.69) is 4.90 Å². The summed E-state index contributed by atoms with van der Waals surface area (Å²) in [6, 6.07) is 0.594. The molecule has 2 saturated heterocycles. The van der Waals surface area contributed by atoms with Crippen LogP contribution in [0, 0.1) is 0 Å². The van der Waals surface area contributed by atoms with Gasteiger partial charge in [0.25, 0.3) is 0 Å². The molecule has 6 heteroatoms. The molecule has 0 aromatic carbocycles. The van der Waals surface area contributed by atoms with Crippen molar-refractivity contribution < 1.29 is 4.79 Å². The molecule has 1 atom stereocenters. The molecule has 1 amide bonds. The lowest BCUT2D eigenvalue weighted by Gasteiger charge is -2.37. The normalized spacial score (nSPS) is 25.0. The second-order valence-electron chi connectivity index (χ2n) is 4.58. The predicted molar refractivity (Wildman–Crippen MR) is 74.0 cm³/mol. The lowest BCUT2D eigenvalue weighted by atomic mass is 10.0. The minimum atomic E-state index is 0. The van der Waals surface area contributed by atoms with Crippen LogP contribution < -0.4 is 5.73 Å². The van der Waals surface area contributed by atoms with E-state index in [1.54, 1.807) is 0 Å². The summed E-state index contributed by atoms with van der Waals surface area (Å²) < 4.78 is 0. The molecule has 2 heterocycles. The van der Waals surface area contributed by atoms with Gasteiger partial charge in [-0.3, -0.25) is 9.69 Å². The maximum absolute atomic E-state index is 11.5. The molecule has 0 saturated carbocycles. The van der Waals surface area contributed by atoms with Gasteiger partial charge in [-0.2, -0.15) is 0 Å². The van der Waals surface area contributed by atoms with E-state index in [1.165, 1.54) is 32.4 Å². The van der Waals surface area contributed by atoms with Crippen molar-refractivity contribution in [1.29, 1.82) is 0 Å². The Kier molecular flexibility index (Phi) is 8.12. The molecule has 0 aromatic rings. The predicted octanol–water partition coefficient (Wildman–Crippen LogP) is 0.876. The number of halogens is 2. The molecular formula is C11H23Cl2N3O. The minimum Gasteiger partial charge on any atom is -0.340 e. The van der Waals surface area contributed by atoms with Gasteiger partial charge in [0.1, 0.15) is 0 Å². The zero-order valence-corrected chi connectivity index (χ0v) is 11.8. The number of hydrogen-bond donors (Lipinski definition) is 1. The third kappa shape index (κ3) is 4.28. The maximum Gasteiger partial charge on any atom is 0.236 e. The molecule has 0 aliphatic carbocycles. The zero-order valence-electron chi connectivity index (χ0n) is 10.1. The Morgan fingerprint density at radius 2 is 1.76 bits per heavy atom. The number of nitrogens with two attached hydrogens (primary N) is 1. The van der Waals surface area contributed by atoms with Crippen LogP contribution in [-0.2, 0) is 4.79 Å². The molecule has 1 unspecified atom stereocenters. The van der Waals surface area contributed by atoms with Gasteiger partial charge in [-0.25, -0.2) is 0 Å². The van der Waals surface area contributed by atoms with Crippen molar-refractivity contribution in [3.05, 3.63) is 0 Å². The van der Waals surface area contributed by atoms with Gasteiger partial charge in [0, 0.05) is 19.1 Å². The molecule has 0 spiro atoms. The van der Waals surface area contributed by atoms with Crippen molar-refractivity contribution >= 4 is 30.7 Å². The second kappa shape index (κ2) is 8.14. The van der Waals surface area contributed by atoms with Crippen LogP contribution in [0.4, 0.5) is 0 Å². The molecule has 2 N–H and O–H groups in total. The molecule has 2 fully saturated rings. The fraction of sp³-hybridized carbons (Fsp3) is 0.909. The van der Waals surface area contributed by atoms with Crippen molar-refractivity contribution in [2.75, 3.05) is 32.7 Å². The highest BCUT2D eigenvalue weighted by Crippen LogP contribution is 2.20. The highest BCUT2D eigenvalue weighted by atomic mass is 35.5. The lowest BCUT2D eigenvalue weighted by Crippen LogP contribution is -2.50. The van der Waals surface area contributed by atoms with Crippen LogP contribution in [0.1, 0.15) is 25.7 Å². The molecule has 4 nitrogen and oxygen atoms in total. The summed E-state index contributed by atoms with van der Waals surface area (Å²) in [5.74, 6) is 0.110. The van der Waals surface area contributed by atoms with E-state index in [-0.39, 0.29) is 37.3 Å². The number of hydrogen-bond acceptors (Lipinski definition) is 3. The number of piperidine rings is 1. The van der Waals surface area contributed by atoms with Crippen molar-refractivity contribution in [3.63, 3.8) is 0 Å². The monoisotopic (exact) mass is 283 g/mol. The summed E-state index contributed by atoms with van der Waals surface area (Å²) in [6.45, 7) is 4.40. The summed E-state index contributed by atoms with van der Waals surface area (Å²) in [6.07, 6.45) is 5.02. The van der Waals surface area contributed by atoms with E-state index in [0.717, 1.165) is 19.5 Å². The lowest BCUT2D eigenvalue weighted by molar-refractivity contribution is -0.131. The summed E-state index contributed by atoms with van der Waals surface area (Å²) in [5.41, 5.74) is 5.40. The number of rotatable bonds is 2. The number of nitrogens with zero attached hydrogens (tertiary/aromatic N) is 2. The number of carbonyl (C=O) groups is 1. The molecule has 2 rings (SSSR count). The summed E-state index contributed by atoms with van der Waals surface area (Å²) in [7, 11) is 0. The van der Waals surface area contributed by atoms with Crippen molar-refractivity contribution in [2.24, 2.45) is 5.73 Å². The molecule has 2 aliphatic rings. The quantitative estimate of drug-likeness (QED) is 0.819. The molecule has 102 valence electrons. The van der Waals surface area contributed by atoms with Crippen LogP contribution in [0.25, 0.3) is 0 Å². The Balaban J connectivity index is 0.00000128. The van der Waals surface area contributed by atoms with Gasteiger partial charge in [-0.15, -0.1) is 24.8 Å². The first-order valence-electron chi connectivity index (χ1n) is 6.03. The highest BCUT2D eigenvalue weighted by Gasteiger charge is 2.28. The first-order chi connectivity index (χ1) is 7.31. The van der Waals surface area contributed by atoms with E-state index in [1.807, 2.05) is 4.90 Å².